The molecule has 118 valence electrons. The Morgan fingerprint density at radius 2 is 1.92 bits per heavy atom. The maximum atomic E-state index is 10.5. The molecule has 0 radical (unpaired) electrons. The van der Waals surface area contributed by atoms with Crippen molar-refractivity contribution >= 4 is 28.7 Å². The van der Waals surface area contributed by atoms with Crippen LogP contribution in [0.25, 0.3) is 27.3 Å². The van der Waals surface area contributed by atoms with E-state index in [-0.39, 0.29) is 5.88 Å². The average Bonchev–Trinajstić information content (AvgIpc) is 3.20. The third kappa shape index (κ3) is 2.37. The van der Waals surface area contributed by atoms with Crippen LogP contribution in [0.3, 0.4) is 0 Å². The Bertz CT molecular complexity index is 1040. The minimum atomic E-state index is 0.280. The lowest BCUT2D eigenvalue weighted by Gasteiger charge is -2.02. The maximum absolute atomic E-state index is 10.5. The molecule has 0 saturated carbocycles. The number of carbonyl (C=O) groups is 1. The highest BCUT2D eigenvalue weighted by Gasteiger charge is 2.16. The molecule has 2 heterocycles. The van der Waals surface area contributed by atoms with Gasteiger partial charge in [-0.3, -0.25) is 4.79 Å². The zero-order chi connectivity index (χ0) is 16.5. The number of ether oxygens (including phenoxy) is 1. The van der Waals surface area contributed by atoms with E-state index in [1.807, 2.05) is 30.3 Å². The lowest BCUT2D eigenvalue weighted by atomic mass is 10.0. The summed E-state index contributed by atoms with van der Waals surface area (Å²) in [7, 11) is 0. The van der Waals surface area contributed by atoms with E-state index in [1.54, 1.807) is 10.1 Å². The predicted molar refractivity (Wildman–Crippen MR) is 93.6 cm³/mol. The molecule has 5 nitrogen and oxygen atoms in total. The van der Waals surface area contributed by atoms with Crippen molar-refractivity contribution in [1.29, 1.82) is 0 Å². The second-order valence-corrected chi connectivity index (χ2v) is 6.11. The molecule has 0 atom stereocenters. The Kier molecular flexibility index (Phi) is 3.59. The molecule has 4 aromatic rings. The number of aromatic nitrogens is 3. The molecule has 0 spiro atoms. The van der Waals surface area contributed by atoms with Gasteiger partial charge in [0.15, 0.2) is 0 Å². The number of aryl methyl sites for hydroxylation is 1. The third-order valence-corrected chi connectivity index (χ3v) is 4.60. The molecule has 24 heavy (non-hydrogen) atoms. The fourth-order valence-corrected chi connectivity index (χ4v) is 3.40. The minimum absolute atomic E-state index is 0.280. The van der Waals surface area contributed by atoms with E-state index in [9.17, 15) is 4.79 Å². The molecular formula is C18H13N3O2S. The lowest BCUT2D eigenvalue weighted by Crippen LogP contribution is -1.97. The molecule has 2 aromatic heterocycles. The number of hydrogen-bond donors (Lipinski definition) is 0. The summed E-state index contributed by atoms with van der Waals surface area (Å²) in [6.45, 7) is 2.45. The van der Waals surface area contributed by atoms with Gasteiger partial charge in [0.2, 0.25) is 11.0 Å². The third-order valence-electron chi connectivity index (χ3n) is 3.81. The van der Waals surface area contributed by atoms with Crippen LogP contribution in [-0.4, -0.2) is 21.2 Å². The van der Waals surface area contributed by atoms with Crippen LogP contribution in [-0.2, 0) is 4.79 Å². The second-order valence-electron chi connectivity index (χ2n) is 5.27. The van der Waals surface area contributed by atoms with Gasteiger partial charge in [0.1, 0.15) is 5.69 Å². The summed E-state index contributed by atoms with van der Waals surface area (Å²) in [6.07, 6.45) is 0. The molecule has 0 N–H and O–H groups in total. The second kappa shape index (κ2) is 5.90. The van der Waals surface area contributed by atoms with E-state index in [4.69, 9.17) is 9.84 Å². The number of rotatable bonds is 4. The van der Waals surface area contributed by atoms with E-state index < -0.39 is 0 Å². The van der Waals surface area contributed by atoms with Crippen LogP contribution in [0, 0.1) is 6.92 Å². The van der Waals surface area contributed by atoms with Gasteiger partial charge in [0.25, 0.3) is 6.47 Å². The summed E-state index contributed by atoms with van der Waals surface area (Å²) in [4.78, 5) is 14.8. The number of fused-ring (bicyclic) bond motifs is 1. The van der Waals surface area contributed by atoms with Crippen molar-refractivity contribution in [3.8, 4) is 22.3 Å². The first-order valence-electron chi connectivity index (χ1n) is 7.38. The highest BCUT2D eigenvalue weighted by molar-refractivity contribution is 7.12. The highest BCUT2D eigenvalue weighted by Crippen LogP contribution is 2.32. The van der Waals surface area contributed by atoms with E-state index in [0.29, 0.717) is 11.6 Å². The Labute approximate surface area is 142 Å². The van der Waals surface area contributed by atoms with Crippen LogP contribution in [0.1, 0.15) is 5.56 Å². The zero-order valence-electron chi connectivity index (χ0n) is 12.8. The minimum Gasteiger partial charge on any atom is -0.409 e. The maximum Gasteiger partial charge on any atom is 0.299 e. The molecule has 0 aliphatic rings. The Balaban J connectivity index is 1.94. The number of nitrogens with zero attached hydrogens (tertiary/aromatic N) is 3. The molecule has 0 fully saturated rings. The van der Waals surface area contributed by atoms with Gasteiger partial charge in [-0.1, -0.05) is 53.8 Å². The largest absolute Gasteiger partial charge is 0.409 e. The summed E-state index contributed by atoms with van der Waals surface area (Å²) >= 11 is 1.38. The Morgan fingerprint density at radius 3 is 2.75 bits per heavy atom. The first-order chi connectivity index (χ1) is 11.8. The van der Waals surface area contributed by atoms with E-state index >= 15 is 0 Å². The van der Waals surface area contributed by atoms with Gasteiger partial charge in [-0.2, -0.15) is 10.1 Å². The van der Waals surface area contributed by atoms with Crippen LogP contribution in [0.15, 0.2) is 53.9 Å². The number of para-hydroxylation sites is 1. The van der Waals surface area contributed by atoms with Crippen molar-refractivity contribution in [3.05, 3.63) is 59.5 Å². The van der Waals surface area contributed by atoms with Crippen molar-refractivity contribution in [3.63, 3.8) is 0 Å². The standard InChI is InChI=1S/C18H13N3O2S/c1-12-6-2-3-7-13(12)17-14-8-4-5-9-15(14)21(20-17)18-19-16(10-24-18)23-11-22/h2-11H,1H3. The summed E-state index contributed by atoms with van der Waals surface area (Å²) in [5.74, 6) is 0.280. The molecular weight excluding hydrogens is 322 g/mol. The fourth-order valence-electron chi connectivity index (χ4n) is 2.70. The number of carbonyl (C=O) groups excluding carboxylic acids is 1. The Hall–Kier alpha value is -2.99. The van der Waals surface area contributed by atoms with Crippen LogP contribution in [0.5, 0.6) is 5.88 Å². The summed E-state index contributed by atoms with van der Waals surface area (Å²) in [5, 5.41) is 8.18. The average molecular weight is 335 g/mol. The molecule has 0 amide bonds. The van der Waals surface area contributed by atoms with Crippen LogP contribution >= 0.6 is 11.3 Å². The van der Waals surface area contributed by atoms with Gasteiger partial charge in [0.05, 0.1) is 10.9 Å². The molecule has 0 aliphatic carbocycles. The van der Waals surface area contributed by atoms with Gasteiger partial charge in [-0.05, 0) is 18.6 Å². The van der Waals surface area contributed by atoms with Crippen molar-refractivity contribution in [2.24, 2.45) is 0 Å². The number of benzene rings is 2. The van der Waals surface area contributed by atoms with Crippen LogP contribution in [0.2, 0.25) is 0 Å². The summed E-state index contributed by atoms with van der Waals surface area (Å²) in [5.41, 5.74) is 4.13. The zero-order valence-corrected chi connectivity index (χ0v) is 13.7. The topological polar surface area (TPSA) is 57.0 Å². The van der Waals surface area contributed by atoms with Crippen molar-refractivity contribution in [2.75, 3.05) is 0 Å². The molecule has 0 unspecified atom stereocenters. The van der Waals surface area contributed by atoms with Crippen molar-refractivity contribution in [2.45, 2.75) is 6.92 Å². The molecule has 4 rings (SSSR count). The molecule has 0 bridgehead atoms. The van der Waals surface area contributed by atoms with Gasteiger partial charge in [-0.15, -0.1) is 0 Å². The van der Waals surface area contributed by atoms with Crippen molar-refractivity contribution in [1.82, 2.24) is 14.8 Å². The summed E-state index contributed by atoms with van der Waals surface area (Å²) < 4.78 is 6.60. The van der Waals surface area contributed by atoms with Gasteiger partial charge in [-0.25, -0.2) is 4.68 Å². The number of hydrogen-bond acceptors (Lipinski definition) is 5. The van der Waals surface area contributed by atoms with Crippen LogP contribution in [0.4, 0.5) is 0 Å². The smallest absolute Gasteiger partial charge is 0.299 e. The van der Waals surface area contributed by atoms with E-state index in [1.165, 1.54) is 11.3 Å². The van der Waals surface area contributed by atoms with Gasteiger partial charge < -0.3 is 4.74 Å². The highest BCUT2D eigenvalue weighted by atomic mass is 32.1. The monoisotopic (exact) mass is 335 g/mol. The first-order valence-corrected chi connectivity index (χ1v) is 8.26. The fraction of sp³-hybridized carbons (Fsp3) is 0.0556. The van der Waals surface area contributed by atoms with Crippen molar-refractivity contribution < 1.29 is 9.53 Å². The van der Waals surface area contributed by atoms with E-state index in [0.717, 1.165) is 27.7 Å². The van der Waals surface area contributed by atoms with E-state index in [2.05, 4.69) is 30.1 Å². The lowest BCUT2D eigenvalue weighted by molar-refractivity contribution is -0.120. The first kappa shape index (κ1) is 14.6. The molecule has 2 aromatic carbocycles. The molecule has 0 saturated heterocycles. The van der Waals surface area contributed by atoms with Gasteiger partial charge >= 0.3 is 0 Å². The van der Waals surface area contributed by atoms with Gasteiger partial charge in [0, 0.05) is 10.9 Å². The van der Waals surface area contributed by atoms with Crippen LogP contribution < -0.4 is 4.74 Å². The predicted octanol–water partition coefficient (Wildman–Crippen LogP) is 3.99. The molecule has 6 heteroatoms. The SMILES string of the molecule is Cc1ccccc1-c1nn(-c2nc(OC=O)cs2)c2ccccc12. The number of thiazole rings is 1. The quantitative estimate of drug-likeness (QED) is 0.529. The normalized spacial score (nSPS) is 10.9. The Morgan fingerprint density at radius 1 is 1.12 bits per heavy atom. The summed E-state index contributed by atoms with van der Waals surface area (Å²) in [6, 6.07) is 16.2. The molecule has 0 aliphatic heterocycles.